The molecule has 0 saturated heterocycles. The maximum absolute atomic E-state index is 12.4. The molecule has 2 N–H and O–H groups in total. The first kappa shape index (κ1) is 18.8. The monoisotopic (exact) mass is 431 g/mol. The van der Waals surface area contributed by atoms with Crippen LogP contribution in [0.25, 0.3) is 33.7 Å². The highest BCUT2D eigenvalue weighted by Gasteiger charge is 2.21. The van der Waals surface area contributed by atoms with Gasteiger partial charge in [-0.3, -0.25) is 9.52 Å². The van der Waals surface area contributed by atoms with Crippen LogP contribution in [0.4, 0.5) is 0 Å². The minimum atomic E-state index is -0.212. The quantitative estimate of drug-likeness (QED) is 0.450. The number of rotatable bonds is 2. The lowest BCUT2D eigenvalue weighted by molar-refractivity contribution is 0.994. The van der Waals surface area contributed by atoms with E-state index in [2.05, 4.69) is 15.8 Å². The number of hydrogen-bond donors (Lipinski definition) is 2. The maximum atomic E-state index is 12.4. The molecule has 30 heavy (non-hydrogen) atoms. The van der Waals surface area contributed by atoms with Crippen LogP contribution in [0.5, 0.6) is 0 Å². The van der Waals surface area contributed by atoms with Gasteiger partial charge in [-0.1, -0.05) is 23.7 Å². The second-order valence-corrected chi connectivity index (χ2v) is 8.23. The van der Waals surface area contributed by atoms with Crippen molar-refractivity contribution in [1.29, 1.82) is 5.26 Å². The zero-order valence-electron chi connectivity index (χ0n) is 15.8. The fourth-order valence-electron chi connectivity index (χ4n) is 3.60. The van der Waals surface area contributed by atoms with E-state index in [4.69, 9.17) is 21.6 Å². The van der Waals surface area contributed by atoms with Gasteiger partial charge < -0.3 is 4.98 Å². The average molecular weight is 432 g/mol. The number of nitriles is 1. The van der Waals surface area contributed by atoms with Crippen LogP contribution >= 0.6 is 23.5 Å². The third-order valence-corrected chi connectivity index (χ3v) is 6.51. The molecule has 0 fully saturated rings. The van der Waals surface area contributed by atoms with E-state index in [1.807, 2.05) is 31.2 Å². The molecular weight excluding hydrogens is 418 g/mol. The van der Waals surface area contributed by atoms with Crippen LogP contribution in [0.3, 0.4) is 0 Å². The van der Waals surface area contributed by atoms with Crippen molar-refractivity contribution in [2.45, 2.75) is 18.4 Å². The number of halogens is 1. The van der Waals surface area contributed by atoms with E-state index in [9.17, 15) is 10.1 Å². The number of aromatic nitrogens is 3. The van der Waals surface area contributed by atoms with Gasteiger partial charge in [0, 0.05) is 34.8 Å². The first-order chi connectivity index (χ1) is 14.6. The summed E-state index contributed by atoms with van der Waals surface area (Å²) < 4.78 is 3.22. The molecule has 0 atom stereocenters. The molecule has 1 aliphatic rings. The molecule has 4 aromatic rings. The molecular formula is C22H14ClN5OS. The molecule has 0 radical (unpaired) electrons. The molecule has 0 spiro atoms. The van der Waals surface area contributed by atoms with Crippen molar-refractivity contribution in [2.75, 3.05) is 0 Å². The van der Waals surface area contributed by atoms with E-state index in [1.54, 1.807) is 12.3 Å². The smallest absolute Gasteiger partial charge is 0.209 e. The summed E-state index contributed by atoms with van der Waals surface area (Å²) in [7, 11) is 0. The van der Waals surface area contributed by atoms with E-state index >= 15 is 0 Å². The Morgan fingerprint density at radius 2 is 2.07 bits per heavy atom. The summed E-state index contributed by atoms with van der Waals surface area (Å²) in [5.41, 5.74) is 5.59. The van der Waals surface area contributed by atoms with Crippen molar-refractivity contribution >= 4 is 34.7 Å². The Morgan fingerprint density at radius 3 is 2.90 bits per heavy atom. The highest BCUT2D eigenvalue weighted by atomic mass is 35.5. The van der Waals surface area contributed by atoms with E-state index in [0.717, 1.165) is 27.1 Å². The van der Waals surface area contributed by atoms with Crippen LogP contribution in [0, 0.1) is 18.3 Å². The molecule has 5 rings (SSSR count). The number of nitrogens with zero attached hydrogens (tertiary/aromatic N) is 3. The average Bonchev–Trinajstić information content (AvgIpc) is 3.23. The normalized spacial score (nSPS) is 12.7. The van der Waals surface area contributed by atoms with Gasteiger partial charge >= 0.3 is 0 Å². The van der Waals surface area contributed by atoms with Crippen molar-refractivity contribution in [2.24, 2.45) is 0 Å². The summed E-state index contributed by atoms with van der Waals surface area (Å²) in [6, 6.07) is 13.0. The molecule has 146 valence electrons. The zero-order chi connectivity index (χ0) is 20.8. The lowest BCUT2D eigenvalue weighted by atomic mass is 9.96. The predicted molar refractivity (Wildman–Crippen MR) is 118 cm³/mol. The number of pyridine rings is 1. The van der Waals surface area contributed by atoms with E-state index in [1.165, 1.54) is 18.0 Å². The summed E-state index contributed by atoms with van der Waals surface area (Å²) in [6.45, 7) is 2.57. The van der Waals surface area contributed by atoms with Crippen LogP contribution in [0.2, 0.25) is 5.02 Å². The summed E-state index contributed by atoms with van der Waals surface area (Å²) in [6.07, 6.45) is 1.55. The van der Waals surface area contributed by atoms with Gasteiger partial charge in [0.25, 0.3) is 0 Å². The Morgan fingerprint density at radius 1 is 1.20 bits per heavy atom. The minimum Gasteiger partial charge on any atom is -0.345 e. The second kappa shape index (κ2) is 7.26. The number of fused-ring (bicyclic) bond motifs is 2. The summed E-state index contributed by atoms with van der Waals surface area (Å²) in [4.78, 5) is 25.9. The van der Waals surface area contributed by atoms with Crippen molar-refractivity contribution in [3.63, 3.8) is 0 Å². The lowest BCUT2D eigenvalue weighted by Crippen LogP contribution is -2.07. The molecule has 0 amide bonds. The number of nitrogens with one attached hydrogen (secondary N) is 2. The standard InChI is InChI=1S/C22H14ClN5OS/c1-11-12(9-24)3-2-4-15(11)19-18(27-20-17(29)5-6-25-22(20)28-19)13-7-14-10-26-30-21(14)16(23)8-13/h2-8,26H,10H2,1H3,(H,25,28,29). The molecule has 0 aliphatic carbocycles. The molecule has 2 aromatic carbocycles. The van der Waals surface area contributed by atoms with Crippen LogP contribution in [-0.2, 0) is 6.54 Å². The zero-order valence-corrected chi connectivity index (χ0v) is 17.4. The Bertz CT molecular complexity index is 1440. The third kappa shape index (κ3) is 2.97. The fraction of sp³-hybridized carbons (Fsp3) is 0.0909. The molecule has 2 aromatic heterocycles. The highest BCUT2D eigenvalue weighted by Crippen LogP contribution is 2.40. The van der Waals surface area contributed by atoms with Crippen molar-refractivity contribution in [1.82, 2.24) is 19.7 Å². The van der Waals surface area contributed by atoms with Gasteiger partial charge in [0.15, 0.2) is 11.2 Å². The Kier molecular flexibility index (Phi) is 4.55. The largest absolute Gasteiger partial charge is 0.345 e. The number of hydrogen-bond acceptors (Lipinski definition) is 6. The van der Waals surface area contributed by atoms with Crippen LogP contribution in [0.15, 0.2) is 52.3 Å². The topological polar surface area (TPSA) is 94.5 Å². The minimum absolute atomic E-state index is 0.212. The maximum Gasteiger partial charge on any atom is 0.209 e. The van der Waals surface area contributed by atoms with Gasteiger partial charge in [-0.2, -0.15) is 5.26 Å². The summed E-state index contributed by atoms with van der Waals surface area (Å²) in [5, 5.41) is 10.1. The molecule has 0 bridgehead atoms. The van der Waals surface area contributed by atoms with Crippen molar-refractivity contribution in [3.05, 3.63) is 74.5 Å². The molecule has 0 unspecified atom stereocenters. The first-order valence-corrected chi connectivity index (χ1v) is 10.4. The Labute approximate surface area is 181 Å². The van der Waals surface area contributed by atoms with E-state index in [-0.39, 0.29) is 10.9 Å². The van der Waals surface area contributed by atoms with Crippen LogP contribution in [-0.4, -0.2) is 15.0 Å². The predicted octanol–water partition coefficient (Wildman–Crippen LogP) is 4.60. The lowest BCUT2D eigenvalue weighted by Gasteiger charge is -2.14. The SMILES string of the molecule is Cc1c(C#N)cccc1-c1nc2[nH]ccc(=O)c2nc1-c1cc(Cl)c2c(c1)CNS2. The van der Waals surface area contributed by atoms with Gasteiger partial charge in [0.1, 0.15) is 0 Å². The number of H-pyrrole nitrogens is 1. The van der Waals surface area contributed by atoms with Gasteiger partial charge in [0.05, 0.1) is 28.0 Å². The van der Waals surface area contributed by atoms with E-state index in [0.29, 0.717) is 34.2 Å². The molecule has 1 aliphatic heterocycles. The third-order valence-electron chi connectivity index (χ3n) is 5.12. The highest BCUT2D eigenvalue weighted by molar-refractivity contribution is 7.97. The summed E-state index contributed by atoms with van der Waals surface area (Å²) >= 11 is 8.03. The molecule has 3 heterocycles. The van der Waals surface area contributed by atoms with Crippen molar-refractivity contribution in [3.8, 4) is 28.6 Å². The molecule has 6 nitrogen and oxygen atoms in total. The van der Waals surface area contributed by atoms with Crippen molar-refractivity contribution < 1.29 is 0 Å². The number of aromatic amines is 1. The molecule has 0 saturated carbocycles. The summed E-state index contributed by atoms with van der Waals surface area (Å²) in [5.74, 6) is 0. The van der Waals surface area contributed by atoms with Gasteiger partial charge in [-0.15, -0.1) is 0 Å². The van der Waals surface area contributed by atoms with E-state index < -0.39 is 0 Å². The van der Waals surface area contributed by atoms with Crippen LogP contribution < -0.4 is 10.2 Å². The Hall–Kier alpha value is -3.18. The fourth-order valence-corrected chi connectivity index (χ4v) is 4.75. The number of benzene rings is 2. The second-order valence-electron chi connectivity index (χ2n) is 6.92. The first-order valence-electron chi connectivity index (χ1n) is 9.19. The van der Waals surface area contributed by atoms with Crippen LogP contribution in [0.1, 0.15) is 16.7 Å². The van der Waals surface area contributed by atoms with Gasteiger partial charge in [-0.05, 0) is 48.2 Å². The Balaban J connectivity index is 1.87. The van der Waals surface area contributed by atoms with Gasteiger partial charge in [-0.25, -0.2) is 9.97 Å². The van der Waals surface area contributed by atoms with Gasteiger partial charge in [0.2, 0.25) is 5.43 Å². The molecule has 8 heteroatoms.